The lowest BCUT2D eigenvalue weighted by molar-refractivity contribution is -0.129. The van der Waals surface area contributed by atoms with Crippen molar-refractivity contribution >= 4 is 17.7 Å². The summed E-state index contributed by atoms with van der Waals surface area (Å²) >= 11 is 1.21. The fraction of sp³-hybridized carbons (Fsp3) is 0.526. The van der Waals surface area contributed by atoms with Crippen LogP contribution in [-0.2, 0) is 4.79 Å². The standard InChI is InChI=1S/C19H24FN3O3S/c1-13(25-16-11-7-6-10-15(16)20)18-21-22-19(26-18)27-12-17(24)23(2)14-8-4-3-5-9-14/h6-7,10-11,13-14H,3-5,8-9,12H2,1-2H3. The molecule has 1 aliphatic rings. The van der Waals surface area contributed by atoms with E-state index in [1.165, 1.54) is 43.2 Å². The number of thioether (sulfide) groups is 1. The molecule has 1 aliphatic carbocycles. The van der Waals surface area contributed by atoms with Gasteiger partial charge in [-0.15, -0.1) is 10.2 Å². The van der Waals surface area contributed by atoms with Crippen molar-refractivity contribution in [3.05, 3.63) is 36.0 Å². The van der Waals surface area contributed by atoms with Crippen LogP contribution in [0.2, 0.25) is 0 Å². The van der Waals surface area contributed by atoms with E-state index >= 15 is 0 Å². The Morgan fingerprint density at radius 1 is 1.33 bits per heavy atom. The van der Waals surface area contributed by atoms with E-state index in [2.05, 4.69) is 10.2 Å². The highest BCUT2D eigenvalue weighted by Crippen LogP contribution is 2.26. The van der Waals surface area contributed by atoms with E-state index in [0.29, 0.717) is 11.3 Å². The lowest BCUT2D eigenvalue weighted by atomic mass is 9.94. The van der Waals surface area contributed by atoms with Crippen LogP contribution in [0.1, 0.15) is 51.0 Å². The van der Waals surface area contributed by atoms with E-state index in [4.69, 9.17) is 9.15 Å². The molecule has 1 atom stereocenters. The average Bonchev–Trinajstić information content (AvgIpc) is 3.17. The van der Waals surface area contributed by atoms with E-state index < -0.39 is 11.9 Å². The van der Waals surface area contributed by atoms with Crippen molar-refractivity contribution in [2.24, 2.45) is 0 Å². The summed E-state index contributed by atoms with van der Waals surface area (Å²) in [5, 5.41) is 8.20. The highest BCUT2D eigenvalue weighted by molar-refractivity contribution is 7.99. The maximum absolute atomic E-state index is 13.7. The van der Waals surface area contributed by atoms with Gasteiger partial charge in [-0.1, -0.05) is 43.2 Å². The fourth-order valence-corrected chi connectivity index (χ4v) is 3.81. The van der Waals surface area contributed by atoms with Gasteiger partial charge in [0.15, 0.2) is 17.7 Å². The van der Waals surface area contributed by atoms with E-state index in [1.54, 1.807) is 19.1 Å². The van der Waals surface area contributed by atoms with Crippen LogP contribution in [0.4, 0.5) is 4.39 Å². The molecule has 8 heteroatoms. The van der Waals surface area contributed by atoms with Gasteiger partial charge < -0.3 is 14.1 Å². The lowest BCUT2D eigenvalue weighted by Gasteiger charge is -2.31. The third-order valence-corrected chi connectivity index (χ3v) is 5.55. The van der Waals surface area contributed by atoms with Gasteiger partial charge >= 0.3 is 0 Å². The molecule has 0 saturated heterocycles. The molecule has 146 valence electrons. The minimum Gasteiger partial charge on any atom is -0.478 e. The molecule has 0 spiro atoms. The summed E-state index contributed by atoms with van der Waals surface area (Å²) in [4.78, 5) is 14.2. The van der Waals surface area contributed by atoms with Gasteiger partial charge in [0, 0.05) is 13.1 Å². The van der Waals surface area contributed by atoms with E-state index in [-0.39, 0.29) is 23.3 Å². The van der Waals surface area contributed by atoms with Crippen LogP contribution in [-0.4, -0.2) is 39.8 Å². The molecule has 6 nitrogen and oxygen atoms in total. The lowest BCUT2D eigenvalue weighted by Crippen LogP contribution is -2.39. The quantitative estimate of drug-likeness (QED) is 0.656. The number of rotatable bonds is 7. The monoisotopic (exact) mass is 393 g/mol. The summed E-state index contributed by atoms with van der Waals surface area (Å²) in [7, 11) is 1.86. The van der Waals surface area contributed by atoms with E-state index in [1.807, 2.05) is 11.9 Å². The van der Waals surface area contributed by atoms with Crippen LogP contribution in [0.5, 0.6) is 5.75 Å². The molecule has 1 unspecified atom stereocenters. The van der Waals surface area contributed by atoms with Crippen molar-refractivity contribution in [1.82, 2.24) is 15.1 Å². The Morgan fingerprint density at radius 2 is 2.07 bits per heavy atom. The SMILES string of the molecule is CC(Oc1ccccc1F)c1nnc(SCC(=O)N(C)C2CCCCC2)o1. The Morgan fingerprint density at radius 3 is 2.81 bits per heavy atom. The first-order valence-electron chi connectivity index (χ1n) is 9.17. The van der Waals surface area contributed by atoms with Gasteiger partial charge in [-0.3, -0.25) is 4.79 Å². The molecule has 0 N–H and O–H groups in total. The average molecular weight is 393 g/mol. The Hall–Kier alpha value is -2.09. The number of carbonyl (C=O) groups excluding carboxylic acids is 1. The van der Waals surface area contributed by atoms with Crippen molar-refractivity contribution in [2.45, 2.75) is 56.4 Å². The second-order valence-corrected chi connectivity index (χ2v) is 7.61. The number of carbonyl (C=O) groups is 1. The van der Waals surface area contributed by atoms with Crippen LogP contribution in [0.15, 0.2) is 33.9 Å². The maximum Gasteiger partial charge on any atom is 0.277 e. The molecule has 2 aromatic rings. The smallest absolute Gasteiger partial charge is 0.277 e. The van der Waals surface area contributed by atoms with Gasteiger partial charge in [0.1, 0.15) is 0 Å². The van der Waals surface area contributed by atoms with E-state index in [0.717, 1.165) is 12.8 Å². The Balaban J connectivity index is 1.51. The molecule has 27 heavy (non-hydrogen) atoms. The number of para-hydroxylation sites is 1. The summed E-state index contributed by atoms with van der Waals surface area (Å²) in [6.07, 6.45) is 5.17. The maximum atomic E-state index is 13.7. The molecule has 0 radical (unpaired) electrons. The zero-order chi connectivity index (χ0) is 19.2. The van der Waals surface area contributed by atoms with Gasteiger partial charge in [-0.25, -0.2) is 4.39 Å². The normalized spacial score (nSPS) is 16.1. The van der Waals surface area contributed by atoms with Crippen molar-refractivity contribution in [2.75, 3.05) is 12.8 Å². The Labute approximate surface area is 162 Å². The van der Waals surface area contributed by atoms with Crippen LogP contribution in [0, 0.1) is 5.82 Å². The number of hydrogen-bond donors (Lipinski definition) is 0. The van der Waals surface area contributed by atoms with Gasteiger partial charge in [0.25, 0.3) is 11.1 Å². The van der Waals surface area contributed by atoms with Crippen LogP contribution < -0.4 is 4.74 Å². The summed E-state index contributed by atoms with van der Waals surface area (Å²) in [6.45, 7) is 1.70. The third-order valence-electron chi connectivity index (χ3n) is 4.75. The molecule has 0 aliphatic heterocycles. The van der Waals surface area contributed by atoms with Crippen molar-refractivity contribution in [3.8, 4) is 5.75 Å². The number of benzene rings is 1. The van der Waals surface area contributed by atoms with Crippen LogP contribution in [0.25, 0.3) is 0 Å². The molecule has 1 saturated carbocycles. The second kappa shape index (κ2) is 9.21. The summed E-state index contributed by atoms with van der Waals surface area (Å²) in [5.74, 6) is 0.227. The zero-order valence-electron chi connectivity index (χ0n) is 15.6. The largest absolute Gasteiger partial charge is 0.478 e. The summed E-state index contributed by atoms with van der Waals surface area (Å²) < 4.78 is 24.8. The topological polar surface area (TPSA) is 68.5 Å². The molecule has 3 rings (SSSR count). The van der Waals surface area contributed by atoms with Gasteiger partial charge in [-0.2, -0.15) is 0 Å². The molecule has 1 amide bonds. The fourth-order valence-electron chi connectivity index (χ4n) is 3.12. The Kier molecular flexibility index (Phi) is 6.71. The molecule has 1 aromatic heterocycles. The Bertz CT molecular complexity index is 764. The minimum absolute atomic E-state index is 0.0577. The van der Waals surface area contributed by atoms with Gasteiger partial charge in [0.05, 0.1) is 5.75 Å². The molecule has 1 fully saturated rings. The second-order valence-electron chi connectivity index (χ2n) is 6.68. The number of halogens is 1. The van der Waals surface area contributed by atoms with Crippen molar-refractivity contribution in [1.29, 1.82) is 0 Å². The van der Waals surface area contributed by atoms with Crippen LogP contribution >= 0.6 is 11.8 Å². The molecule has 1 heterocycles. The van der Waals surface area contributed by atoms with Crippen molar-refractivity contribution < 1.29 is 18.3 Å². The number of aromatic nitrogens is 2. The number of ether oxygens (including phenoxy) is 1. The predicted molar refractivity (Wildman–Crippen MR) is 100 cm³/mol. The number of amides is 1. The first-order chi connectivity index (χ1) is 13.0. The molecule has 1 aromatic carbocycles. The third kappa shape index (κ3) is 5.22. The highest BCUT2D eigenvalue weighted by Gasteiger charge is 2.23. The first-order valence-corrected chi connectivity index (χ1v) is 10.2. The van der Waals surface area contributed by atoms with Gasteiger partial charge in [0.2, 0.25) is 5.91 Å². The predicted octanol–water partition coefficient (Wildman–Crippen LogP) is 4.23. The van der Waals surface area contributed by atoms with E-state index in [9.17, 15) is 9.18 Å². The molecular formula is C19H24FN3O3S. The van der Waals surface area contributed by atoms with Gasteiger partial charge in [-0.05, 0) is 31.9 Å². The first kappa shape index (κ1) is 19.7. The summed E-state index contributed by atoms with van der Waals surface area (Å²) in [5.41, 5.74) is 0. The number of hydrogen-bond acceptors (Lipinski definition) is 6. The molecule has 0 bridgehead atoms. The zero-order valence-corrected chi connectivity index (χ0v) is 16.4. The summed E-state index contributed by atoms with van der Waals surface area (Å²) in [6, 6.07) is 6.48. The highest BCUT2D eigenvalue weighted by atomic mass is 32.2. The molecular weight excluding hydrogens is 369 g/mol. The van der Waals surface area contributed by atoms with Crippen LogP contribution in [0.3, 0.4) is 0 Å². The van der Waals surface area contributed by atoms with Crippen molar-refractivity contribution in [3.63, 3.8) is 0 Å². The minimum atomic E-state index is -0.593. The number of nitrogens with zero attached hydrogens (tertiary/aromatic N) is 3.